The van der Waals surface area contributed by atoms with Gasteiger partial charge in [-0.15, -0.1) is 15.7 Å². The van der Waals surface area contributed by atoms with E-state index in [0.717, 1.165) is 25.7 Å². The van der Waals surface area contributed by atoms with Gasteiger partial charge in [0, 0.05) is 6.04 Å². The molecule has 240 valence electrons. The van der Waals surface area contributed by atoms with E-state index < -0.39 is 57.1 Å². The summed E-state index contributed by atoms with van der Waals surface area (Å²) in [5, 5.41) is 44.6. The monoisotopic (exact) mass is 659 g/mol. The molecule has 9 N–H and O–H groups in total. The lowest BCUT2D eigenvalue weighted by molar-refractivity contribution is -0.115. The van der Waals surface area contributed by atoms with Gasteiger partial charge in [0.1, 0.15) is 30.7 Å². The maximum Gasteiger partial charge on any atom is 0.359 e. The zero-order valence-electron chi connectivity index (χ0n) is 22.9. The second kappa shape index (κ2) is 12.7. The molecule has 0 spiro atoms. The Labute approximate surface area is 253 Å². The number of nitrogens with one attached hydrogen (secondary N) is 5. The van der Waals surface area contributed by atoms with Crippen LogP contribution in [-0.2, 0) is 25.2 Å². The first-order valence-corrected chi connectivity index (χ1v) is 15.6. The minimum Gasteiger partial charge on any atom is -0.387 e. The third kappa shape index (κ3) is 6.33. The van der Waals surface area contributed by atoms with Crippen molar-refractivity contribution in [3.63, 3.8) is 0 Å². The number of aliphatic hydroxyl groups excluding tert-OH is 2. The summed E-state index contributed by atoms with van der Waals surface area (Å²) in [7, 11) is -5.13. The van der Waals surface area contributed by atoms with Crippen molar-refractivity contribution in [1.29, 1.82) is 0 Å². The van der Waals surface area contributed by atoms with E-state index in [4.69, 9.17) is 25.8 Å². The normalized spacial score (nSPS) is 25.6. The molecule has 3 aromatic heterocycles. The first-order chi connectivity index (χ1) is 21.1. The number of hydrogen-bond acceptors (Lipinski definition) is 17. The molecule has 0 radical (unpaired) electrons. The number of aliphatic hydroxyl groups is 2. The third-order valence-electron chi connectivity index (χ3n) is 7.60. The van der Waals surface area contributed by atoms with Gasteiger partial charge >= 0.3 is 7.60 Å². The van der Waals surface area contributed by atoms with Gasteiger partial charge in [0.15, 0.2) is 28.9 Å². The average molecular weight is 660 g/mol. The van der Waals surface area contributed by atoms with Crippen LogP contribution >= 0.6 is 19.2 Å². The van der Waals surface area contributed by atoms with Crippen LogP contribution in [0.4, 0.5) is 5.82 Å². The summed E-state index contributed by atoms with van der Waals surface area (Å²) < 4.78 is 31.5. The van der Waals surface area contributed by atoms with Gasteiger partial charge in [-0.05, 0) is 34.9 Å². The minimum absolute atomic E-state index is 0.00369. The van der Waals surface area contributed by atoms with E-state index >= 15 is 0 Å². The molecule has 1 saturated carbocycles. The zero-order chi connectivity index (χ0) is 30.9. The van der Waals surface area contributed by atoms with Crippen LogP contribution in [-0.4, -0.2) is 116 Å². The molecule has 5 heterocycles. The number of amidine groups is 1. The van der Waals surface area contributed by atoms with Crippen molar-refractivity contribution in [2.45, 2.75) is 68.0 Å². The summed E-state index contributed by atoms with van der Waals surface area (Å²) in [6.45, 7) is -1.38. The highest BCUT2D eigenvalue weighted by Gasteiger charge is 2.52. The fourth-order valence-corrected chi connectivity index (χ4v) is 6.32. The number of hydrazine groups is 2. The van der Waals surface area contributed by atoms with E-state index in [9.17, 15) is 24.6 Å². The van der Waals surface area contributed by atoms with Gasteiger partial charge in [0.05, 0.1) is 31.2 Å². The first-order valence-electron chi connectivity index (χ1n) is 13.6. The number of ether oxygens (including phenoxy) is 3. The van der Waals surface area contributed by atoms with Gasteiger partial charge in [0.2, 0.25) is 5.28 Å². The fourth-order valence-electron chi connectivity index (χ4n) is 5.29. The van der Waals surface area contributed by atoms with Crippen molar-refractivity contribution >= 4 is 41.9 Å². The molecular formula is C21H31ClN13O8P. The van der Waals surface area contributed by atoms with Gasteiger partial charge in [0.25, 0.3) is 0 Å². The van der Waals surface area contributed by atoms with Crippen molar-refractivity contribution in [2.75, 3.05) is 25.1 Å². The van der Waals surface area contributed by atoms with Crippen LogP contribution in [0.25, 0.3) is 11.0 Å². The van der Waals surface area contributed by atoms with Crippen molar-refractivity contribution < 1.29 is 38.8 Å². The SMILES string of the molecule is O=P(O)(O)[C@@](COCC1=NNNN1)(Cc1nnn[nH]1)OC[C@H]1O[C@@H](n2ncc3c(NC4CCCC4)nc(Cl)nc32)[C@H](O)[C@@H]1O. The Morgan fingerprint density at radius 2 is 2.05 bits per heavy atom. The molecule has 44 heavy (non-hydrogen) atoms. The van der Waals surface area contributed by atoms with Crippen LogP contribution in [0.3, 0.4) is 0 Å². The predicted octanol–water partition coefficient (Wildman–Crippen LogP) is -1.96. The third-order valence-corrected chi connectivity index (χ3v) is 9.25. The van der Waals surface area contributed by atoms with Crippen molar-refractivity contribution in [3.05, 3.63) is 17.3 Å². The standard InChI is InChI=1S/C21H31ClN13O8P/c22-20-25-17(24-10-3-1-2-4-10)11-6-23-35(18(11)26-20)19-16(37)15(36)12(43-19)7-42-21(44(38,39)40,5-13-27-31-32-28-13)9-41-8-14-29-33-34-30-14/h6,10,12,15-16,19,33-34,36-37H,1-5,7-9H2,(H,29,30)(H,24,25,26)(H2,38,39,40)(H,27,28,31,32)/t12-,15-,16-,19-,21-/m1/s1. The highest BCUT2D eigenvalue weighted by Crippen LogP contribution is 2.53. The van der Waals surface area contributed by atoms with Gasteiger partial charge < -0.3 is 39.5 Å². The molecule has 2 aliphatic heterocycles. The minimum atomic E-state index is -5.13. The molecule has 5 atom stereocenters. The van der Waals surface area contributed by atoms with Crippen LogP contribution in [0.5, 0.6) is 0 Å². The molecule has 2 fully saturated rings. The first kappa shape index (κ1) is 30.9. The number of hydrazone groups is 1. The van der Waals surface area contributed by atoms with E-state index in [0.29, 0.717) is 17.0 Å². The number of fused-ring (bicyclic) bond motifs is 1. The number of aromatic amines is 1. The van der Waals surface area contributed by atoms with E-state index in [1.54, 1.807) is 0 Å². The van der Waals surface area contributed by atoms with E-state index in [1.165, 1.54) is 10.9 Å². The van der Waals surface area contributed by atoms with Gasteiger partial charge in [-0.2, -0.15) is 15.1 Å². The lowest BCUT2D eigenvalue weighted by Crippen LogP contribution is -2.45. The number of halogens is 1. The van der Waals surface area contributed by atoms with Crippen LogP contribution < -0.4 is 21.8 Å². The summed E-state index contributed by atoms with van der Waals surface area (Å²) >= 11 is 6.23. The summed E-state index contributed by atoms with van der Waals surface area (Å²) in [5.74, 6) is 0.803. The lowest BCUT2D eigenvalue weighted by Gasteiger charge is -2.34. The molecule has 0 amide bonds. The van der Waals surface area contributed by atoms with Crippen molar-refractivity contribution in [3.8, 4) is 0 Å². The number of nitrogens with zero attached hydrogens (tertiary/aromatic N) is 8. The Hall–Kier alpha value is -3.11. The average Bonchev–Trinajstić information content (AvgIpc) is 3.81. The van der Waals surface area contributed by atoms with Gasteiger partial charge in [-0.1, -0.05) is 12.8 Å². The Kier molecular flexibility index (Phi) is 8.93. The van der Waals surface area contributed by atoms with Gasteiger partial charge in [-0.25, -0.2) is 15.3 Å². The molecule has 1 saturated heterocycles. The van der Waals surface area contributed by atoms with E-state index in [2.05, 4.69) is 62.6 Å². The number of rotatable bonds is 13. The molecule has 3 aliphatic rings. The Balaban J connectivity index is 1.21. The molecule has 0 aromatic carbocycles. The summed E-state index contributed by atoms with van der Waals surface area (Å²) in [5.41, 5.74) is 7.86. The molecule has 1 aliphatic carbocycles. The zero-order valence-corrected chi connectivity index (χ0v) is 24.6. The van der Waals surface area contributed by atoms with E-state index in [-0.39, 0.29) is 29.4 Å². The number of anilines is 1. The molecule has 6 rings (SSSR count). The van der Waals surface area contributed by atoms with Crippen molar-refractivity contribution in [2.24, 2.45) is 5.10 Å². The Morgan fingerprint density at radius 1 is 1.23 bits per heavy atom. The Bertz CT molecular complexity index is 1520. The second-order valence-electron chi connectivity index (χ2n) is 10.6. The number of tetrazole rings is 1. The molecule has 0 unspecified atom stereocenters. The number of hydrogen-bond donors (Lipinski definition) is 9. The summed E-state index contributed by atoms with van der Waals surface area (Å²) in [6, 6.07) is 0.228. The predicted molar refractivity (Wildman–Crippen MR) is 148 cm³/mol. The molecule has 0 bridgehead atoms. The van der Waals surface area contributed by atoms with Crippen LogP contribution in [0, 0.1) is 0 Å². The molecule has 23 heteroatoms. The van der Waals surface area contributed by atoms with Crippen LogP contribution in [0.15, 0.2) is 11.3 Å². The molecular weight excluding hydrogens is 629 g/mol. The topological polar surface area (TPSA) is 284 Å². The molecule has 21 nitrogen and oxygen atoms in total. The molecule has 3 aromatic rings. The van der Waals surface area contributed by atoms with Crippen LogP contribution in [0.2, 0.25) is 5.28 Å². The maximum absolute atomic E-state index is 12.9. The highest BCUT2D eigenvalue weighted by atomic mass is 35.5. The summed E-state index contributed by atoms with van der Waals surface area (Å²) in [6.07, 6.45) is -0.350. The second-order valence-corrected chi connectivity index (χ2v) is 12.8. The fraction of sp³-hybridized carbons (Fsp3) is 0.667. The highest BCUT2D eigenvalue weighted by molar-refractivity contribution is 7.53. The lowest BCUT2D eigenvalue weighted by atomic mass is 10.1. The largest absolute Gasteiger partial charge is 0.387 e. The van der Waals surface area contributed by atoms with Crippen molar-refractivity contribution in [1.82, 2.24) is 56.9 Å². The Morgan fingerprint density at radius 3 is 2.75 bits per heavy atom. The summed E-state index contributed by atoms with van der Waals surface area (Å²) in [4.78, 5) is 29.5. The number of aromatic nitrogens is 8. The quantitative estimate of drug-likeness (QED) is 0.0711. The maximum atomic E-state index is 12.9. The van der Waals surface area contributed by atoms with Crippen LogP contribution in [0.1, 0.15) is 37.7 Å². The number of H-pyrrole nitrogens is 1. The van der Waals surface area contributed by atoms with Gasteiger partial charge in [-0.3, -0.25) is 9.99 Å². The van der Waals surface area contributed by atoms with E-state index in [1.807, 2.05) is 0 Å². The smallest absolute Gasteiger partial charge is 0.359 e.